The maximum absolute atomic E-state index is 4.36. The third-order valence-corrected chi connectivity index (χ3v) is 4.21. The normalized spacial score (nSPS) is 23.1. The lowest BCUT2D eigenvalue weighted by molar-refractivity contribution is 0.338. The van der Waals surface area contributed by atoms with E-state index in [4.69, 9.17) is 0 Å². The van der Waals surface area contributed by atoms with Crippen LogP contribution in [0.3, 0.4) is 0 Å². The fraction of sp³-hybridized carbons (Fsp3) is 0.583. The van der Waals surface area contributed by atoms with E-state index in [9.17, 15) is 0 Å². The van der Waals surface area contributed by atoms with Gasteiger partial charge in [0.2, 0.25) is 0 Å². The van der Waals surface area contributed by atoms with Gasteiger partial charge < -0.3 is 4.90 Å². The van der Waals surface area contributed by atoms with E-state index < -0.39 is 0 Å². The lowest BCUT2D eigenvalue weighted by Crippen LogP contribution is -2.35. The molecular weight excluding hydrogens is 294 g/mol. The molecule has 0 bridgehead atoms. The van der Waals surface area contributed by atoms with E-state index in [2.05, 4.69) is 49.0 Å². The first-order valence-corrected chi connectivity index (χ1v) is 7.07. The van der Waals surface area contributed by atoms with E-state index >= 15 is 0 Å². The maximum Gasteiger partial charge on any atom is 0.254 e. The molecule has 2 aromatic heterocycles. The summed E-state index contributed by atoms with van der Waals surface area (Å²) >= 11 is 3.64. The van der Waals surface area contributed by atoms with Crippen LogP contribution >= 0.6 is 15.9 Å². The van der Waals surface area contributed by atoms with Crippen LogP contribution in [0.25, 0.3) is 5.78 Å². The summed E-state index contributed by atoms with van der Waals surface area (Å²) in [6.45, 7) is 3.05. The Morgan fingerprint density at radius 2 is 2.28 bits per heavy atom. The van der Waals surface area contributed by atoms with Gasteiger partial charge in [0.1, 0.15) is 12.1 Å². The number of anilines is 1. The summed E-state index contributed by atoms with van der Waals surface area (Å²) in [6.07, 6.45) is 4.07. The molecule has 1 saturated carbocycles. The summed E-state index contributed by atoms with van der Waals surface area (Å²) in [6, 6.07) is 2.06. The Morgan fingerprint density at radius 3 is 3.00 bits per heavy atom. The van der Waals surface area contributed by atoms with Crippen molar-refractivity contribution in [1.82, 2.24) is 19.6 Å². The number of halogens is 1. The average Bonchev–Trinajstić information content (AvgIpc) is 2.73. The highest BCUT2D eigenvalue weighted by atomic mass is 79.9. The third-order valence-electron chi connectivity index (χ3n) is 3.46. The van der Waals surface area contributed by atoms with Gasteiger partial charge >= 0.3 is 0 Å². The Balaban J connectivity index is 1.86. The number of hydrogen-bond acceptors (Lipinski definition) is 4. The van der Waals surface area contributed by atoms with Gasteiger partial charge in [0.25, 0.3) is 5.78 Å². The zero-order valence-corrected chi connectivity index (χ0v) is 12.1. The molecule has 0 radical (unpaired) electrons. The van der Waals surface area contributed by atoms with Crippen LogP contribution in [0.4, 0.5) is 5.82 Å². The van der Waals surface area contributed by atoms with Crippen molar-refractivity contribution in [1.29, 1.82) is 0 Å². The van der Waals surface area contributed by atoms with Crippen molar-refractivity contribution in [2.75, 3.05) is 18.5 Å². The molecule has 1 aliphatic rings. The van der Waals surface area contributed by atoms with Crippen molar-refractivity contribution in [3.05, 3.63) is 18.1 Å². The molecule has 0 aromatic carbocycles. The fourth-order valence-corrected chi connectivity index (χ4v) is 3.52. The van der Waals surface area contributed by atoms with Gasteiger partial charge in [-0.25, -0.2) is 4.98 Å². The summed E-state index contributed by atoms with van der Waals surface area (Å²) in [5, 5.41) is 4.24. The van der Waals surface area contributed by atoms with Crippen molar-refractivity contribution < 1.29 is 0 Å². The van der Waals surface area contributed by atoms with Gasteiger partial charge in [-0.3, -0.25) is 0 Å². The van der Waals surface area contributed by atoms with E-state index in [1.807, 2.05) is 6.92 Å². The van der Waals surface area contributed by atoms with E-state index in [1.165, 1.54) is 12.8 Å². The summed E-state index contributed by atoms with van der Waals surface area (Å²) < 4.78 is 1.80. The number of hydrogen-bond donors (Lipinski definition) is 0. The molecule has 0 atom stereocenters. The Labute approximate surface area is 114 Å². The lowest BCUT2D eigenvalue weighted by Gasteiger charge is -2.35. The first-order valence-electron chi connectivity index (χ1n) is 6.16. The molecule has 2 heterocycles. The SMILES string of the molecule is Cc1cc(N(C)CC2CC(Br)C2)n2ncnc2n1. The molecule has 0 N–H and O–H groups in total. The molecule has 18 heavy (non-hydrogen) atoms. The van der Waals surface area contributed by atoms with Crippen LogP contribution in [0.1, 0.15) is 18.5 Å². The molecule has 3 rings (SSSR count). The minimum absolute atomic E-state index is 0.670. The van der Waals surface area contributed by atoms with Crippen LogP contribution in [0, 0.1) is 12.8 Å². The minimum atomic E-state index is 0.670. The van der Waals surface area contributed by atoms with Gasteiger partial charge in [0, 0.05) is 30.2 Å². The van der Waals surface area contributed by atoms with E-state index in [0.29, 0.717) is 10.6 Å². The highest BCUT2D eigenvalue weighted by molar-refractivity contribution is 9.09. The summed E-state index contributed by atoms with van der Waals surface area (Å²) in [7, 11) is 2.11. The average molecular weight is 310 g/mol. The lowest BCUT2D eigenvalue weighted by atomic mass is 9.85. The first kappa shape index (κ1) is 11.9. The number of aromatic nitrogens is 4. The number of nitrogens with zero attached hydrogens (tertiary/aromatic N) is 5. The second kappa shape index (κ2) is 4.50. The molecule has 1 fully saturated rings. The van der Waals surface area contributed by atoms with Crippen molar-refractivity contribution in [2.45, 2.75) is 24.6 Å². The van der Waals surface area contributed by atoms with Crippen molar-refractivity contribution in [3.63, 3.8) is 0 Å². The van der Waals surface area contributed by atoms with Crippen molar-refractivity contribution >= 4 is 27.5 Å². The number of fused-ring (bicyclic) bond motifs is 1. The molecular formula is C12H16BrN5. The summed E-state index contributed by atoms with van der Waals surface area (Å²) in [4.78, 5) is 11.5. The van der Waals surface area contributed by atoms with Gasteiger partial charge in [-0.05, 0) is 25.7 Å². The highest BCUT2D eigenvalue weighted by Crippen LogP contribution is 2.34. The molecule has 96 valence electrons. The smallest absolute Gasteiger partial charge is 0.254 e. The van der Waals surface area contributed by atoms with Crippen LogP contribution in [0.2, 0.25) is 0 Å². The van der Waals surface area contributed by atoms with Crippen molar-refractivity contribution in [2.24, 2.45) is 5.92 Å². The first-order chi connectivity index (χ1) is 8.63. The van der Waals surface area contributed by atoms with Crippen LogP contribution < -0.4 is 4.90 Å². The van der Waals surface area contributed by atoms with E-state index in [-0.39, 0.29) is 0 Å². The minimum Gasteiger partial charge on any atom is -0.359 e. The maximum atomic E-state index is 4.36. The molecule has 2 aromatic rings. The molecule has 1 aliphatic carbocycles. The molecule has 0 unspecified atom stereocenters. The zero-order chi connectivity index (χ0) is 12.7. The molecule has 6 heteroatoms. The molecule has 0 aliphatic heterocycles. The van der Waals surface area contributed by atoms with Gasteiger partial charge in [-0.2, -0.15) is 14.6 Å². The van der Waals surface area contributed by atoms with Crippen LogP contribution in [0.15, 0.2) is 12.4 Å². The molecule has 0 spiro atoms. The van der Waals surface area contributed by atoms with Crippen LogP contribution in [-0.4, -0.2) is 38.0 Å². The largest absolute Gasteiger partial charge is 0.359 e. The van der Waals surface area contributed by atoms with E-state index in [1.54, 1.807) is 10.8 Å². The van der Waals surface area contributed by atoms with Gasteiger partial charge in [-0.1, -0.05) is 15.9 Å². The second-order valence-corrected chi connectivity index (χ2v) is 6.34. The molecule has 5 nitrogen and oxygen atoms in total. The number of aryl methyl sites for hydroxylation is 1. The van der Waals surface area contributed by atoms with Crippen LogP contribution in [-0.2, 0) is 0 Å². The topological polar surface area (TPSA) is 46.3 Å². The Bertz CT molecular complexity index is 561. The number of alkyl halides is 1. The van der Waals surface area contributed by atoms with Crippen LogP contribution in [0.5, 0.6) is 0 Å². The quantitative estimate of drug-likeness (QED) is 0.814. The van der Waals surface area contributed by atoms with Gasteiger partial charge in [-0.15, -0.1) is 0 Å². The standard InChI is InChI=1S/C12H16BrN5/c1-8-3-11(18-12(16-8)14-7-15-18)17(2)6-9-4-10(13)5-9/h3,7,9-10H,4-6H2,1-2H3. The molecule has 0 amide bonds. The fourth-order valence-electron chi connectivity index (χ4n) is 2.47. The monoisotopic (exact) mass is 309 g/mol. The molecule has 0 saturated heterocycles. The Kier molecular flexibility index (Phi) is 2.97. The predicted molar refractivity (Wildman–Crippen MR) is 74.2 cm³/mol. The zero-order valence-electron chi connectivity index (χ0n) is 10.5. The summed E-state index contributed by atoms with van der Waals surface area (Å²) in [5.41, 5.74) is 0.976. The van der Waals surface area contributed by atoms with Gasteiger partial charge in [0.05, 0.1) is 0 Å². The summed E-state index contributed by atoms with van der Waals surface area (Å²) in [5.74, 6) is 2.50. The second-order valence-electron chi connectivity index (χ2n) is 5.04. The number of rotatable bonds is 3. The predicted octanol–water partition coefficient (Wildman–Crippen LogP) is 2.04. The van der Waals surface area contributed by atoms with Crippen molar-refractivity contribution in [3.8, 4) is 0 Å². The van der Waals surface area contributed by atoms with Gasteiger partial charge in [0.15, 0.2) is 0 Å². The Hall–Kier alpha value is -1.17. The third kappa shape index (κ3) is 2.09. The van der Waals surface area contributed by atoms with E-state index in [0.717, 1.165) is 24.0 Å². The Morgan fingerprint density at radius 1 is 1.50 bits per heavy atom. The highest BCUT2D eigenvalue weighted by Gasteiger charge is 2.28.